The number of hydrogen-bond donors (Lipinski definition) is 0. The number of thiophene rings is 1. The lowest BCUT2D eigenvalue weighted by Crippen LogP contribution is -2.46. The van der Waals surface area contributed by atoms with Gasteiger partial charge in [-0.05, 0) is 62.0 Å². The first kappa shape index (κ1) is 13.8. The molecule has 4 rings (SSSR count). The van der Waals surface area contributed by atoms with Gasteiger partial charge >= 0.3 is 0 Å². The molecule has 1 unspecified atom stereocenters. The largest absolute Gasteiger partial charge is 0.337 e. The number of fused-ring (bicyclic) bond motifs is 1. The number of carbonyl (C=O) groups is 1. The standard InChI is InChI=1S/C17H24N2OS/c1-12(13-2-3-13)19(15-4-5-15)11-17(20)18-8-6-16-14(10-18)7-9-21-16/h7,9,12-13,15H,2-6,8,10-11H2,1H3. The number of amides is 1. The molecule has 2 fully saturated rings. The van der Waals surface area contributed by atoms with E-state index >= 15 is 0 Å². The average Bonchev–Trinajstić information content (AvgIpc) is 3.40. The summed E-state index contributed by atoms with van der Waals surface area (Å²) >= 11 is 1.84. The first-order valence-electron chi connectivity index (χ1n) is 8.31. The molecule has 3 nitrogen and oxygen atoms in total. The van der Waals surface area contributed by atoms with Crippen LogP contribution < -0.4 is 0 Å². The Morgan fingerprint density at radius 1 is 1.43 bits per heavy atom. The smallest absolute Gasteiger partial charge is 0.237 e. The van der Waals surface area contributed by atoms with Crippen molar-refractivity contribution >= 4 is 17.2 Å². The zero-order chi connectivity index (χ0) is 14.4. The van der Waals surface area contributed by atoms with E-state index < -0.39 is 0 Å². The van der Waals surface area contributed by atoms with Crippen LogP contribution in [0.15, 0.2) is 11.4 Å². The second kappa shape index (κ2) is 5.40. The Balaban J connectivity index is 1.40. The predicted molar refractivity (Wildman–Crippen MR) is 85.4 cm³/mol. The van der Waals surface area contributed by atoms with Gasteiger partial charge in [-0.2, -0.15) is 0 Å². The SMILES string of the molecule is CC(C1CC1)N(CC(=O)N1CCc2sccc2C1)C1CC1. The summed E-state index contributed by atoms with van der Waals surface area (Å²) in [6, 6.07) is 3.47. The highest BCUT2D eigenvalue weighted by Crippen LogP contribution is 2.39. The number of hydrogen-bond acceptors (Lipinski definition) is 3. The van der Waals surface area contributed by atoms with Crippen LogP contribution in [0.2, 0.25) is 0 Å². The summed E-state index contributed by atoms with van der Waals surface area (Å²) in [5, 5.41) is 2.16. The molecule has 0 radical (unpaired) electrons. The van der Waals surface area contributed by atoms with Gasteiger partial charge in [0.15, 0.2) is 0 Å². The van der Waals surface area contributed by atoms with Gasteiger partial charge in [-0.1, -0.05) is 0 Å². The van der Waals surface area contributed by atoms with Crippen molar-refractivity contribution < 1.29 is 4.79 Å². The maximum absolute atomic E-state index is 12.7. The van der Waals surface area contributed by atoms with Gasteiger partial charge in [0.25, 0.3) is 0 Å². The molecule has 1 aromatic heterocycles. The van der Waals surface area contributed by atoms with Gasteiger partial charge in [0, 0.05) is 30.1 Å². The highest BCUT2D eigenvalue weighted by atomic mass is 32.1. The lowest BCUT2D eigenvalue weighted by molar-refractivity contribution is -0.134. The quantitative estimate of drug-likeness (QED) is 0.835. The zero-order valence-electron chi connectivity index (χ0n) is 12.8. The third-order valence-electron chi connectivity index (χ3n) is 5.32. The molecule has 1 aromatic rings. The molecule has 0 bridgehead atoms. The van der Waals surface area contributed by atoms with E-state index in [9.17, 15) is 4.79 Å². The Kier molecular flexibility index (Phi) is 3.54. The zero-order valence-corrected chi connectivity index (χ0v) is 13.6. The molecule has 1 amide bonds. The summed E-state index contributed by atoms with van der Waals surface area (Å²) in [7, 11) is 0. The van der Waals surface area contributed by atoms with Crippen molar-refractivity contribution in [2.45, 2.75) is 57.7 Å². The first-order valence-corrected chi connectivity index (χ1v) is 9.19. The van der Waals surface area contributed by atoms with E-state index in [1.807, 2.05) is 11.3 Å². The summed E-state index contributed by atoms with van der Waals surface area (Å²) in [6.45, 7) is 4.70. The Hall–Kier alpha value is -0.870. The molecule has 0 N–H and O–H groups in total. The molecule has 3 aliphatic rings. The van der Waals surface area contributed by atoms with Gasteiger partial charge in [-0.15, -0.1) is 11.3 Å². The lowest BCUT2D eigenvalue weighted by atomic mass is 10.1. The van der Waals surface area contributed by atoms with Gasteiger partial charge in [-0.25, -0.2) is 0 Å². The highest BCUT2D eigenvalue weighted by molar-refractivity contribution is 7.10. The maximum atomic E-state index is 12.7. The fourth-order valence-electron chi connectivity index (χ4n) is 3.58. The van der Waals surface area contributed by atoms with Crippen LogP contribution >= 0.6 is 11.3 Å². The Bertz CT molecular complexity index is 533. The Morgan fingerprint density at radius 2 is 2.24 bits per heavy atom. The van der Waals surface area contributed by atoms with Crippen molar-refractivity contribution in [3.05, 3.63) is 21.9 Å². The summed E-state index contributed by atoms with van der Waals surface area (Å²) in [5.41, 5.74) is 1.37. The second-order valence-corrected chi connectivity index (χ2v) is 7.92. The molecule has 2 heterocycles. The molecule has 4 heteroatoms. The van der Waals surface area contributed by atoms with Crippen LogP contribution in [0.3, 0.4) is 0 Å². The molecule has 0 aromatic carbocycles. The van der Waals surface area contributed by atoms with Gasteiger partial charge in [0.05, 0.1) is 6.54 Å². The van der Waals surface area contributed by atoms with Crippen LogP contribution in [0.25, 0.3) is 0 Å². The lowest BCUT2D eigenvalue weighted by Gasteiger charge is -2.33. The number of nitrogens with zero attached hydrogens (tertiary/aromatic N) is 2. The van der Waals surface area contributed by atoms with Crippen molar-refractivity contribution in [2.24, 2.45) is 5.92 Å². The van der Waals surface area contributed by atoms with Crippen LogP contribution in [0.1, 0.15) is 43.0 Å². The molecule has 1 atom stereocenters. The summed E-state index contributed by atoms with van der Waals surface area (Å²) in [6.07, 6.45) is 6.35. The topological polar surface area (TPSA) is 23.6 Å². The van der Waals surface area contributed by atoms with Gasteiger partial charge in [0.1, 0.15) is 0 Å². The van der Waals surface area contributed by atoms with E-state index in [0.717, 1.165) is 25.4 Å². The van der Waals surface area contributed by atoms with Gasteiger partial charge in [-0.3, -0.25) is 9.69 Å². The number of rotatable bonds is 5. The molecule has 2 saturated carbocycles. The van der Waals surface area contributed by atoms with E-state index in [-0.39, 0.29) is 0 Å². The van der Waals surface area contributed by atoms with Gasteiger partial charge < -0.3 is 4.90 Å². The van der Waals surface area contributed by atoms with Crippen molar-refractivity contribution in [3.63, 3.8) is 0 Å². The van der Waals surface area contributed by atoms with Crippen LogP contribution in [-0.4, -0.2) is 40.9 Å². The minimum Gasteiger partial charge on any atom is -0.337 e. The van der Waals surface area contributed by atoms with Crippen LogP contribution in [0.5, 0.6) is 0 Å². The van der Waals surface area contributed by atoms with E-state index in [2.05, 4.69) is 28.2 Å². The Morgan fingerprint density at radius 3 is 2.95 bits per heavy atom. The van der Waals surface area contributed by atoms with Crippen molar-refractivity contribution in [1.82, 2.24) is 9.80 Å². The van der Waals surface area contributed by atoms with Crippen LogP contribution in [0, 0.1) is 5.92 Å². The van der Waals surface area contributed by atoms with Crippen molar-refractivity contribution in [1.29, 1.82) is 0 Å². The summed E-state index contributed by atoms with van der Waals surface area (Å²) in [5.74, 6) is 1.19. The van der Waals surface area contributed by atoms with Gasteiger partial charge in [0.2, 0.25) is 5.91 Å². The molecule has 2 aliphatic carbocycles. The summed E-state index contributed by atoms with van der Waals surface area (Å²) < 4.78 is 0. The monoisotopic (exact) mass is 304 g/mol. The highest BCUT2D eigenvalue weighted by Gasteiger charge is 2.40. The summed E-state index contributed by atoms with van der Waals surface area (Å²) in [4.78, 5) is 18.8. The van der Waals surface area contributed by atoms with E-state index in [0.29, 0.717) is 24.5 Å². The van der Waals surface area contributed by atoms with Crippen LogP contribution in [-0.2, 0) is 17.8 Å². The molecule has 1 aliphatic heterocycles. The van der Waals surface area contributed by atoms with E-state index in [1.54, 1.807) is 0 Å². The fraction of sp³-hybridized carbons (Fsp3) is 0.706. The fourth-order valence-corrected chi connectivity index (χ4v) is 4.47. The molecule has 0 spiro atoms. The molecule has 21 heavy (non-hydrogen) atoms. The van der Waals surface area contributed by atoms with Crippen molar-refractivity contribution in [3.8, 4) is 0 Å². The molecular weight excluding hydrogens is 280 g/mol. The number of carbonyl (C=O) groups excluding carboxylic acids is 1. The van der Waals surface area contributed by atoms with E-state index in [1.165, 1.54) is 36.1 Å². The van der Waals surface area contributed by atoms with E-state index in [4.69, 9.17) is 0 Å². The minimum absolute atomic E-state index is 0.339. The normalized spacial score (nSPS) is 23.2. The molecule has 0 saturated heterocycles. The van der Waals surface area contributed by atoms with Crippen LogP contribution in [0.4, 0.5) is 0 Å². The Labute approximate surface area is 130 Å². The maximum Gasteiger partial charge on any atom is 0.237 e. The third kappa shape index (κ3) is 2.88. The third-order valence-corrected chi connectivity index (χ3v) is 6.34. The van der Waals surface area contributed by atoms with Crippen molar-refractivity contribution in [2.75, 3.05) is 13.1 Å². The predicted octanol–water partition coefficient (Wildman–Crippen LogP) is 2.90. The second-order valence-electron chi connectivity index (χ2n) is 6.92. The average molecular weight is 304 g/mol. The molecule has 114 valence electrons. The first-order chi connectivity index (χ1) is 10.2. The minimum atomic E-state index is 0.339. The molecular formula is C17H24N2OS.